The van der Waals surface area contributed by atoms with Crippen molar-refractivity contribution in [2.75, 3.05) is 0 Å². The molecule has 112 valence electrons. The van der Waals surface area contributed by atoms with E-state index in [0.29, 0.717) is 27.9 Å². The van der Waals surface area contributed by atoms with Gasteiger partial charge in [0.2, 0.25) is 0 Å². The Balaban J connectivity index is 2.59. The molecule has 21 heavy (non-hydrogen) atoms. The number of aromatic amines is 1. The molecule has 0 saturated heterocycles. The van der Waals surface area contributed by atoms with E-state index in [-0.39, 0.29) is 17.4 Å². The van der Waals surface area contributed by atoms with Crippen LogP contribution in [0, 0.1) is 0 Å². The zero-order chi connectivity index (χ0) is 15.6. The summed E-state index contributed by atoms with van der Waals surface area (Å²) in [7, 11) is 0. The largest absolute Gasteiger partial charge is 0.514 e. The second-order valence-electron chi connectivity index (χ2n) is 4.82. The van der Waals surface area contributed by atoms with Crippen LogP contribution in [-0.4, -0.2) is 17.2 Å². The lowest BCUT2D eigenvalue weighted by molar-refractivity contribution is 0.0730. The maximum atomic E-state index is 12.1. The molecule has 0 bridgehead atoms. The molecule has 0 aliphatic heterocycles. The summed E-state index contributed by atoms with van der Waals surface area (Å²) < 4.78 is 10.2. The molecule has 6 heteroatoms. The number of carbonyl (C=O) groups is 1. The van der Waals surface area contributed by atoms with Gasteiger partial charge < -0.3 is 14.5 Å². The number of benzene rings is 1. The van der Waals surface area contributed by atoms with Crippen LogP contribution in [0.2, 0.25) is 5.02 Å². The summed E-state index contributed by atoms with van der Waals surface area (Å²) in [5, 5.41) is 1.05. The van der Waals surface area contributed by atoms with Gasteiger partial charge in [-0.05, 0) is 38.5 Å². The molecule has 1 N–H and O–H groups in total. The molecule has 0 amide bonds. The molecule has 5 nitrogen and oxygen atoms in total. The Morgan fingerprint density at radius 3 is 2.71 bits per heavy atom. The molecule has 1 aromatic heterocycles. The Morgan fingerprint density at radius 1 is 1.38 bits per heavy atom. The molecular formula is C15H16ClNO4. The van der Waals surface area contributed by atoms with Gasteiger partial charge in [-0.25, -0.2) is 4.79 Å². The number of aromatic nitrogens is 1. The third-order valence-electron chi connectivity index (χ3n) is 2.89. The highest BCUT2D eigenvalue weighted by Crippen LogP contribution is 2.29. The average Bonchev–Trinajstić information content (AvgIpc) is 2.39. The van der Waals surface area contributed by atoms with Crippen LogP contribution in [0.5, 0.6) is 5.75 Å². The van der Waals surface area contributed by atoms with Crippen molar-refractivity contribution < 1.29 is 14.3 Å². The van der Waals surface area contributed by atoms with Gasteiger partial charge in [0.25, 0.3) is 5.56 Å². The molecule has 2 rings (SSSR count). The molecular weight excluding hydrogens is 294 g/mol. The van der Waals surface area contributed by atoms with Crippen molar-refractivity contribution in [2.45, 2.75) is 33.3 Å². The first-order valence-electron chi connectivity index (χ1n) is 6.65. The lowest BCUT2D eigenvalue weighted by atomic mass is 10.1. The van der Waals surface area contributed by atoms with Gasteiger partial charge >= 0.3 is 6.16 Å². The van der Waals surface area contributed by atoms with E-state index in [1.54, 1.807) is 32.0 Å². The summed E-state index contributed by atoms with van der Waals surface area (Å²) >= 11 is 5.98. The second kappa shape index (κ2) is 6.18. The van der Waals surface area contributed by atoms with Crippen molar-refractivity contribution in [3.05, 3.63) is 39.1 Å². The maximum Gasteiger partial charge on any atom is 0.514 e. The number of carbonyl (C=O) groups excluding carboxylic acids is 1. The molecule has 0 saturated carbocycles. The highest BCUT2D eigenvalue weighted by Gasteiger charge is 2.18. The van der Waals surface area contributed by atoms with Crippen LogP contribution in [-0.2, 0) is 11.2 Å². The number of hydrogen-bond acceptors (Lipinski definition) is 4. The summed E-state index contributed by atoms with van der Waals surface area (Å²) in [5.74, 6) is 0.199. The molecule has 2 aromatic rings. The first-order chi connectivity index (χ1) is 9.92. The molecule has 0 spiro atoms. The van der Waals surface area contributed by atoms with Crippen molar-refractivity contribution >= 4 is 28.7 Å². The fourth-order valence-electron chi connectivity index (χ4n) is 2.01. The summed E-state index contributed by atoms with van der Waals surface area (Å²) in [6, 6.07) is 4.96. The standard InChI is InChI=1S/C15H16ClNO4/c1-4-10-13(21-15(19)20-8(2)3)11-7-9(16)5-6-12(11)17-14(10)18/h5-8H,4H2,1-3H3,(H,17,18). The lowest BCUT2D eigenvalue weighted by Gasteiger charge is -2.13. The van der Waals surface area contributed by atoms with E-state index >= 15 is 0 Å². The van der Waals surface area contributed by atoms with Crippen molar-refractivity contribution in [2.24, 2.45) is 0 Å². The molecule has 0 fully saturated rings. The Bertz CT molecular complexity index is 736. The highest BCUT2D eigenvalue weighted by molar-refractivity contribution is 6.31. The van der Waals surface area contributed by atoms with Gasteiger partial charge in [0.05, 0.1) is 17.2 Å². The Morgan fingerprint density at radius 2 is 2.10 bits per heavy atom. The highest BCUT2D eigenvalue weighted by atomic mass is 35.5. The van der Waals surface area contributed by atoms with Gasteiger partial charge in [-0.2, -0.15) is 0 Å². The summed E-state index contributed by atoms with van der Waals surface area (Å²) in [6.45, 7) is 5.24. The van der Waals surface area contributed by atoms with Gasteiger partial charge in [0, 0.05) is 10.4 Å². The van der Waals surface area contributed by atoms with E-state index in [9.17, 15) is 9.59 Å². The van der Waals surface area contributed by atoms with Crippen LogP contribution < -0.4 is 10.3 Å². The predicted molar refractivity (Wildman–Crippen MR) is 81.2 cm³/mol. The van der Waals surface area contributed by atoms with Crippen LogP contribution in [0.4, 0.5) is 4.79 Å². The van der Waals surface area contributed by atoms with E-state index in [0.717, 1.165) is 0 Å². The number of rotatable bonds is 3. The topological polar surface area (TPSA) is 68.4 Å². The fourth-order valence-corrected chi connectivity index (χ4v) is 2.19. The smallest absolute Gasteiger partial charge is 0.431 e. The molecule has 0 aliphatic rings. The number of pyridine rings is 1. The zero-order valence-corrected chi connectivity index (χ0v) is 12.8. The van der Waals surface area contributed by atoms with Crippen molar-refractivity contribution in [3.63, 3.8) is 0 Å². The SMILES string of the molecule is CCc1c(OC(=O)OC(C)C)c2cc(Cl)ccc2[nH]c1=O. The van der Waals surface area contributed by atoms with Crippen molar-refractivity contribution in [1.82, 2.24) is 4.98 Å². The third kappa shape index (κ3) is 3.36. The van der Waals surface area contributed by atoms with E-state index in [4.69, 9.17) is 21.1 Å². The number of H-pyrrole nitrogens is 1. The van der Waals surface area contributed by atoms with Gasteiger partial charge in [-0.3, -0.25) is 4.79 Å². The number of hydrogen-bond donors (Lipinski definition) is 1. The Labute approximate surface area is 126 Å². The summed E-state index contributed by atoms with van der Waals surface area (Å²) in [4.78, 5) is 26.5. The predicted octanol–water partition coefficient (Wildman–Crippen LogP) is 3.67. The van der Waals surface area contributed by atoms with Gasteiger partial charge in [0.15, 0.2) is 5.75 Å². The van der Waals surface area contributed by atoms with Crippen LogP contribution in [0.1, 0.15) is 26.3 Å². The number of fused-ring (bicyclic) bond motifs is 1. The van der Waals surface area contributed by atoms with E-state index < -0.39 is 6.16 Å². The van der Waals surface area contributed by atoms with E-state index in [1.165, 1.54) is 0 Å². The minimum Gasteiger partial charge on any atom is -0.431 e. The van der Waals surface area contributed by atoms with Crippen molar-refractivity contribution in [3.8, 4) is 5.75 Å². The normalized spacial score (nSPS) is 10.9. The van der Waals surface area contributed by atoms with Gasteiger partial charge in [-0.15, -0.1) is 0 Å². The number of ether oxygens (including phenoxy) is 2. The number of nitrogens with one attached hydrogen (secondary N) is 1. The maximum absolute atomic E-state index is 12.1. The second-order valence-corrected chi connectivity index (χ2v) is 5.26. The minimum absolute atomic E-state index is 0.199. The van der Waals surface area contributed by atoms with Crippen molar-refractivity contribution in [1.29, 1.82) is 0 Å². The monoisotopic (exact) mass is 309 g/mol. The molecule has 0 radical (unpaired) electrons. The fraction of sp³-hybridized carbons (Fsp3) is 0.333. The van der Waals surface area contributed by atoms with E-state index in [2.05, 4.69) is 4.98 Å². The molecule has 1 aromatic carbocycles. The molecule has 1 heterocycles. The summed E-state index contributed by atoms with van der Waals surface area (Å²) in [5.41, 5.74) is 0.638. The number of halogens is 1. The van der Waals surface area contributed by atoms with Gasteiger partial charge in [0.1, 0.15) is 0 Å². The molecule has 0 unspecified atom stereocenters. The third-order valence-corrected chi connectivity index (χ3v) is 3.13. The Hall–Kier alpha value is -2.01. The van der Waals surface area contributed by atoms with Crippen LogP contribution >= 0.6 is 11.6 Å². The first-order valence-corrected chi connectivity index (χ1v) is 7.03. The zero-order valence-electron chi connectivity index (χ0n) is 12.0. The average molecular weight is 310 g/mol. The Kier molecular flexibility index (Phi) is 4.53. The van der Waals surface area contributed by atoms with Crippen LogP contribution in [0.3, 0.4) is 0 Å². The van der Waals surface area contributed by atoms with Crippen LogP contribution in [0.25, 0.3) is 10.9 Å². The summed E-state index contributed by atoms with van der Waals surface area (Å²) in [6.07, 6.45) is -0.728. The molecule has 0 atom stereocenters. The van der Waals surface area contributed by atoms with Crippen LogP contribution in [0.15, 0.2) is 23.0 Å². The lowest BCUT2D eigenvalue weighted by Crippen LogP contribution is -2.20. The molecule has 0 aliphatic carbocycles. The van der Waals surface area contributed by atoms with Gasteiger partial charge in [-0.1, -0.05) is 18.5 Å². The minimum atomic E-state index is -0.841. The van der Waals surface area contributed by atoms with E-state index in [1.807, 2.05) is 6.92 Å². The quantitative estimate of drug-likeness (QED) is 0.878. The first kappa shape index (κ1) is 15.4.